The Labute approximate surface area is 108 Å². The van der Waals surface area contributed by atoms with Crippen LogP contribution in [0.1, 0.15) is 13.3 Å². The average Bonchev–Trinajstić information content (AvgIpc) is 2.74. The lowest BCUT2D eigenvalue weighted by Crippen LogP contribution is -2.43. The Morgan fingerprint density at radius 3 is 2.78 bits per heavy atom. The molecule has 2 atom stereocenters. The van der Waals surface area contributed by atoms with Crippen LogP contribution in [0.2, 0.25) is 0 Å². The normalized spacial score (nSPS) is 22.8. The summed E-state index contributed by atoms with van der Waals surface area (Å²) >= 11 is 0. The predicted octanol–water partition coefficient (Wildman–Crippen LogP) is -0.795. The summed E-state index contributed by atoms with van der Waals surface area (Å²) in [5.41, 5.74) is 0. The van der Waals surface area contributed by atoms with Gasteiger partial charge < -0.3 is 20.3 Å². The predicted molar refractivity (Wildman–Crippen MR) is 68.1 cm³/mol. The minimum absolute atomic E-state index is 0.0122. The molecular formula is C12H23N3O3. The van der Waals surface area contributed by atoms with Gasteiger partial charge >= 0.3 is 0 Å². The topological polar surface area (TPSA) is 70.7 Å². The van der Waals surface area contributed by atoms with Crippen LogP contribution in [0.3, 0.4) is 0 Å². The Morgan fingerprint density at radius 2 is 2.22 bits per heavy atom. The van der Waals surface area contributed by atoms with Gasteiger partial charge in [-0.3, -0.25) is 9.59 Å². The number of ether oxygens (including phenoxy) is 1. The SMILES string of the molecule is COCCNC(=O)CN(C)C(=O)C1CCNC1C. The smallest absolute Gasteiger partial charge is 0.239 e. The summed E-state index contributed by atoms with van der Waals surface area (Å²) < 4.78 is 4.84. The van der Waals surface area contributed by atoms with Crippen molar-refractivity contribution in [2.24, 2.45) is 5.92 Å². The lowest BCUT2D eigenvalue weighted by atomic mass is 10.0. The molecule has 104 valence electrons. The highest BCUT2D eigenvalue weighted by Crippen LogP contribution is 2.17. The fraction of sp³-hybridized carbons (Fsp3) is 0.833. The molecule has 18 heavy (non-hydrogen) atoms. The molecule has 0 aromatic carbocycles. The summed E-state index contributed by atoms with van der Waals surface area (Å²) in [6.45, 7) is 3.92. The molecule has 0 radical (unpaired) electrons. The number of nitrogens with one attached hydrogen (secondary N) is 2. The summed E-state index contributed by atoms with van der Waals surface area (Å²) in [4.78, 5) is 25.2. The summed E-state index contributed by atoms with van der Waals surface area (Å²) in [6.07, 6.45) is 0.843. The van der Waals surface area contributed by atoms with Crippen molar-refractivity contribution in [3.8, 4) is 0 Å². The quantitative estimate of drug-likeness (QED) is 0.612. The van der Waals surface area contributed by atoms with E-state index >= 15 is 0 Å². The second-order valence-electron chi connectivity index (χ2n) is 4.68. The van der Waals surface area contributed by atoms with E-state index in [9.17, 15) is 9.59 Å². The van der Waals surface area contributed by atoms with Crippen molar-refractivity contribution in [1.82, 2.24) is 15.5 Å². The van der Waals surface area contributed by atoms with Gasteiger partial charge in [0.05, 0.1) is 19.1 Å². The summed E-state index contributed by atoms with van der Waals surface area (Å²) in [5.74, 6) is -0.127. The molecule has 2 amide bonds. The van der Waals surface area contributed by atoms with Crippen molar-refractivity contribution in [2.75, 3.05) is 40.4 Å². The molecule has 0 saturated carbocycles. The summed E-state index contributed by atoms with van der Waals surface area (Å²) in [6, 6.07) is 0.191. The van der Waals surface area contributed by atoms with Gasteiger partial charge in [0.2, 0.25) is 11.8 Å². The van der Waals surface area contributed by atoms with Gasteiger partial charge in [0.15, 0.2) is 0 Å². The number of carbonyl (C=O) groups excluding carboxylic acids is 2. The molecule has 2 unspecified atom stereocenters. The first-order chi connectivity index (χ1) is 8.56. The van der Waals surface area contributed by atoms with Gasteiger partial charge in [-0.2, -0.15) is 0 Å². The zero-order valence-corrected chi connectivity index (χ0v) is 11.4. The number of hydrogen-bond donors (Lipinski definition) is 2. The van der Waals surface area contributed by atoms with Crippen molar-refractivity contribution < 1.29 is 14.3 Å². The Hall–Kier alpha value is -1.14. The van der Waals surface area contributed by atoms with Gasteiger partial charge in [0.25, 0.3) is 0 Å². The maximum absolute atomic E-state index is 12.1. The molecule has 0 bridgehead atoms. The molecule has 6 heteroatoms. The number of hydrogen-bond acceptors (Lipinski definition) is 4. The van der Waals surface area contributed by atoms with Crippen molar-refractivity contribution in [3.63, 3.8) is 0 Å². The van der Waals surface area contributed by atoms with Crippen LogP contribution in [0.4, 0.5) is 0 Å². The van der Waals surface area contributed by atoms with E-state index in [1.807, 2.05) is 6.92 Å². The van der Waals surface area contributed by atoms with Crippen molar-refractivity contribution in [1.29, 1.82) is 0 Å². The first-order valence-corrected chi connectivity index (χ1v) is 6.30. The number of carbonyl (C=O) groups is 2. The molecule has 0 aliphatic carbocycles. The highest BCUT2D eigenvalue weighted by atomic mass is 16.5. The largest absolute Gasteiger partial charge is 0.383 e. The van der Waals surface area contributed by atoms with Gasteiger partial charge in [0, 0.05) is 26.7 Å². The molecule has 1 heterocycles. The van der Waals surface area contributed by atoms with E-state index in [4.69, 9.17) is 4.74 Å². The minimum Gasteiger partial charge on any atom is -0.383 e. The molecule has 1 aliphatic rings. The van der Waals surface area contributed by atoms with Gasteiger partial charge in [-0.05, 0) is 19.9 Å². The van der Waals surface area contributed by atoms with Crippen molar-refractivity contribution >= 4 is 11.8 Å². The molecule has 0 aromatic rings. The van der Waals surface area contributed by atoms with Crippen LogP contribution in [0, 0.1) is 5.92 Å². The van der Waals surface area contributed by atoms with E-state index in [0.717, 1.165) is 13.0 Å². The standard InChI is InChI=1S/C12H23N3O3/c1-9-10(4-5-13-9)12(17)15(2)8-11(16)14-6-7-18-3/h9-10,13H,4-8H2,1-3H3,(H,14,16). The average molecular weight is 257 g/mol. The second kappa shape index (κ2) is 7.33. The maximum Gasteiger partial charge on any atom is 0.239 e. The summed E-state index contributed by atoms with van der Waals surface area (Å²) in [5, 5.41) is 5.93. The molecule has 1 saturated heterocycles. The Bertz CT molecular complexity index is 296. The van der Waals surface area contributed by atoms with Crippen LogP contribution in [0.25, 0.3) is 0 Å². The first kappa shape index (κ1) is 14.9. The van der Waals surface area contributed by atoms with Crippen LogP contribution in [0.15, 0.2) is 0 Å². The lowest BCUT2D eigenvalue weighted by Gasteiger charge is -2.22. The molecule has 6 nitrogen and oxygen atoms in total. The third-order valence-corrected chi connectivity index (χ3v) is 3.23. The molecule has 1 rings (SSSR count). The molecule has 1 aliphatic heterocycles. The highest BCUT2D eigenvalue weighted by molar-refractivity contribution is 5.86. The molecule has 1 fully saturated rings. The van der Waals surface area contributed by atoms with Crippen molar-refractivity contribution in [3.05, 3.63) is 0 Å². The zero-order valence-electron chi connectivity index (χ0n) is 11.4. The van der Waals surface area contributed by atoms with E-state index in [0.29, 0.717) is 13.2 Å². The first-order valence-electron chi connectivity index (χ1n) is 6.30. The third kappa shape index (κ3) is 4.27. The van der Waals surface area contributed by atoms with Crippen LogP contribution in [0.5, 0.6) is 0 Å². The van der Waals surface area contributed by atoms with E-state index in [-0.39, 0.29) is 30.3 Å². The van der Waals surface area contributed by atoms with E-state index in [1.165, 1.54) is 4.90 Å². The molecule has 0 spiro atoms. The van der Waals surface area contributed by atoms with E-state index in [1.54, 1.807) is 14.2 Å². The van der Waals surface area contributed by atoms with Crippen LogP contribution < -0.4 is 10.6 Å². The highest BCUT2D eigenvalue weighted by Gasteiger charge is 2.31. The number of likely N-dealkylation sites (N-methyl/N-ethyl adjacent to an activating group) is 1. The van der Waals surface area contributed by atoms with Crippen LogP contribution in [-0.2, 0) is 14.3 Å². The fourth-order valence-corrected chi connectivity index (χ4v) is 2.12. The van der Waals surface area contributed by atoms with Crippen molar-refractivity contribution in [2.45, 2.75) is 19.4 Å². The lowest BCUT2D eigenvalue weighted by molar-refractivity contribution is -0.138. The van der Waals surface area contributed by atoms with Gasteiger partial charge in [-0.15, -0.1) is 0 Å². The number of rotatable bonds is 6. The van der Waals surface area contributed by atoms with Crippen LogP contribution >= 0.6 is 0 Å². The Morgan fingerprint density at radius 1 is 1.50 bits per heavy atom. The Kier molecular flexibility index (Phi) is 6.07. The third-order valence-electron chi connectivity index (χ3n) is 3.23. The Balaban J connectivity index is 2.32. The molecule has 0 aromatic heterocycles. The monoisotopic (exact) mass is 257 g/mol. The van der Waals surface area contributed by atoms with Gasteiger partial charge in [0.1, 0.15) is 0 Å². The summed E-state index contributed by atoms with van der Waals surface area (Å²) in [7, 11) is 3.25. The van der Waals surface area contributed by atoms with Crippen LogP contribution in [-0.4, -0.2) is 63.2 Å². The van der Waals surface area contributed by atoms with Gasteiger partial charge in [-0.25, -0.2) is 0 Å². The van der Waals surface area contributed by atoms with E-state index in [2.05, 4.69) is 10.6 Å². The zero-order chi connectivity index (χ0) is 13.5. The number of amides is 2. The minimum atomic E-state index is -0.151. The number of methoxy groups -OCH3 is 1. The van der Waals surface area contributed by atoms with Gasteiger partial charge in [-0.1, -0.05) is 0 Å². The maximum atomic E-state index is 12.1. The molecular weight excluding hydrogens is 234 g/mol. The van der Waals surface area contributed by atoms with E-state index < -0.39 is 0 Å². The second-order valence-corrected chi connectivity index (χ2v) is 4.68. The number of nitrogens with zero attached hydrogens (tertiary/aromatic N) is 1. The fourth-order valence-electron chi connectivity index (χ4n) is 2.12. The molecule has 2 N–H and O–H groups in total.